The molecule has 138 valence electrons. The monoisotopic (exact) mass is 379 g/mol. The number of aromatic nitrogens is 5. The second-order valence-electron chi connectivity index (χ2n) is 6.56. The molecule has 0 aliphatic heterocycles. The Morgan fingerprint density at radius 1 is 1.07 bits per heavy atom. The molecule has 6 nitrogen and oxygen atoms in total. The van der Waals surface area contributed by atoms with Gasteiger partial charge in [-0.1, -0.05) is 23.9 Å². The van der Waals surface area contributed by atoms with Gasteiger partial charge in [0.2, 0.25) is 0 Å². The van der Waals surface area contributed by atoms with Crippen molar-refractivity contribution in [3.63, 3.8) is 0 Å². The maximum absolute atomic E-state index is 5.90. The summed E-state index contributed by atoms with van der Waals surface area (Å²) in [6, 6.07) is 12.2. The van der Waals surface area contributed by atoms with E-state index >= 15 is 0 Å². The zero-order valence-electron chi connectivity index (χ0n) is 15.6. The van der Waals surface area contributed by atoms with Gasteiger partial charge in [0.25, 0.3) is 0 Å². The molecule has 0 amide bonds. The SMILES string of the molecule is Cc1cc(C)cc(OCc2nnc(SCc3cn4ccccc4n3)n2C)c1. The number of nitrogens with zero attached hydrogens (tertiary/aromatic N) is 5. The molecule has 0 fully saturated rings. The van der Waals surface area contributed by atoms with E-state index in [2.05, 4.69) is 35.1 Å². The van der Waals surface area contributed by atoms with Crippen LogP contribution in [0.5, 0.6) is 5.75 Å². The van der Waals surface area contributed by atoms with E-state index in [1.54, 1.807) is 11.8 Å². The van der Waals surface area contributed by atoms with Crippen molar-refractivity contribution in [3.05, 3.63) is 71.4 Å². The number of hydrogen-bond donors (Lipinski definition) is 0. The first-order chi connectivity index (χ1) is 13.1. The van der Waals surface area contributed by atoms with Gasteiger partial charge in [0.1, 0.15) is 18.0 Å². The molecule has 0 N–H and O–H groups in total. The summed E-state index contributed by atoms with van der Waals surface area (Å²) in [5, 5.41) is 9.42. The Morgan fingerprint density at radius 3 is 2.67 bits per heavy atom. The Morgan fingerprint density at radius 2 is 1.89 bits per heavy atom. The van der Waals surface area contributed by atoms with Crippen LogP contribution >= 0.6 is 11.8 Å². The van der Waals surface area contributed by atoms with Gasteiger partial charge in [-0.2, -0.15) is 0 Å². The summed E-state index contributed by atoms with van der Waals surface area (Å²) in [5.41, 5.74) is 4.34. The quantitative estimate of drug-likeness (QED) is 0.475. The third kappa shape index (κ3) is 3.98. The maximum Gasteiger partial charge on any atom is 0.191 e. The van der Waals surface area contributed by atoms with E-state index in [1.165, 1.54) is 11.1 Å². The van der Waals surface area contributed by atoms with Crippen molar-refractivity contribution in [2.75, 3.05) is 0 Å². The van der Waals surface area contributed by atoms with Crippen molar-refractivity contribution in [3.8, 4) is 5.75 Å². The third-order valence-electron chi connectivity index (χ3n) is 4.25. The van der Waals surface area contributed by atoms with Gasteiger partial charge in [-0.3, -0.25) is 0 Å². The largest absolute Gasteiger partial charge is 0.486 e. The molecule has 3 heterocycles. The first-order valence-corrected chi connectivity index (χ1v) is 9.72. The smallest absolute Gasteiger partial charge is 0.191 e. The number of aryl methyl sites for hydroxylation is 2. The number of thioether (sulfide) groups is 1. The summed E-state index contributed by atoms with van der Waals surface area (Å²) < 4.78 is 9.90. The van der Waals surface area contributed by atoms with E-state index in [0.717, 1.165) is 33.8 Å². The predicted molar refractivity (Wildman–Crippen MR) is 106 cm³/mol. The molecular formula is C20H21N5OS. The molecule has 0 saturated heterocycles. The molecule has 1 aromatic carbocycles. The number of hydrogen-bond acceptors (Lipinski definition) is 5. The first kappa shape index (κ1) is 17.6. The Balaban J connectivity index is 1.40. The van der Waals surface area contributed by atoms with Crippen molar-refractivity contribution < 1.29 is 4.74 Å². The van der Waals surface area contributed by atoms with Crippen LogP contribution in [0.3, 0.4) is 0 Å². The van der Waals surface area contributed by atoms with Gasteiger partial charge in [0.05, 0.1) is 5.69 Å². The predicted octanol–water partition coefficient (Wildman–Crippen LogP) is 3.95. The number of benzene rings is 1. The highest BCUT2D eigenvalue weighted by Gasteiger charge is 2.11. The maximum atomic E-state index is 5.90. The molecule has 0 saturated carbocycles. The van der Waals surface area contributed by atoms with Crippen LogP contribution < -0.4 is 4.74 Å². The molecule has 0 aliphatic rings. The van der Waals surface area contributed by atoms with Crippen LogP contribution in [0.15, 0.2) is 53.9 Å². The lowest BCUT2D eigenvalue weighted by Crippen LogP contribution is -2.04. The second-order valence-corrected chi connectivity index (χ2v) is 7.50. The summed E-state index contributed by atoms with van der Waals surface area (Å²) >= 11 is 1.62. The molecular weight excluding hydrogens is 358 g/mol. The summed E-state index contributed by atoms with van der Waals surface area (Å²) in [5.74, 6) is 2.40. The van der Waals surface area contributed by atoms with Crippen molar-refractivity contribution >= 4 is 17.4 Å². The molecule has 4 rings (SSSR count). The summed E-state index contributed by atoms with van der Waals surface area (Å²) in [4.78, 5) is 4.62. The van der Waals surface area contributed by atoms with Crippen molar-refractivity contribution in [1.82, 2.24) is 24.1 Å². The fraction of sp³-hybridized carbons (Fsp3) is 0.250. The van der Waals surface area contributed by atoms with E-state index in [4.69, 9.17) is 4.74 Å². The normalized spacial score (nSPS) is 11.2. The van der Waals surface area contributed by atoms with Crippen molar-refractivity contribution in [2.24, 2.45) is 7.05 Å². The molecule has 4 aromatic rings. The highest BCUT2D eigenvalue weighted by molar-refractivity contribution is 7.98. The van der Waals surface area contributed by atoms with Crippen LogP contribution in [0.1, 0.15) is 22.6 Å². The van der Waals surface area contributed by atoms with Crippen LogP contribution in [-0.4, -0.2) is 24.1 Å². The minimum absolute atomic E-state index is 0.390. The number of rotatable bonds is 6. The van der Waals surface area contributed by atoms with Crippen LogP contribution in [0.4, 0.5) is 0 Å². The van der Waals surface area contributed by atoms with Gasteiger partial charge < -0.3 is 13.7 Å². The van der Waals surface area contributed by atoms with Crippen molar-refractivity contribution in [1.29, 1.82) is 0 Å². The van der Waals surface area contributed by atoms with Gasteiger partial charge in [-0.15, -0.1) is 10.2 Å². The van der Waals surface area contributed by atoms with E-state index in [-0.39, 0.29) is 0 Å². The lowest BCUT2D eigenvalue weighted by atomic mass is 10.1. The average Bonchev–Trinajstić information content (AvgIpc) is 3.20. The van der Waals surface area contributed by atoms with Gasteiger partial charge in [-0.05, 0) is 49.2 Å². The first-order valence-electron chi connectivity index (χ1n) is 8.73. The fourth-order valence-electron chi connectivity index (χ4n) is 2.96. The van der Waals surface area contributed by atoms with Crippen LogP contribution in [-0.2, 0) is 19.4 Å². The zero-order valence-corrected chi connectivity index (χ0v) is 16.4. The highest BCUT2D eigenvalue weighted by atomic mass is 32.2. The minimum atomic E-state index is 0.390. The van der Waals surface area contributed by atoms with Crippen molar-refractivity contribution in [2.45, 2.75) is 31.4 Å². The molecule has 0 radical (unpaired) electrons. The Bertz CT molecular complexity index is 1030. The number of imidazole rings is 1. The Hall–Kier alpha value is -2.80. The lowest BCUT2D eigenvalue weighted by molar-refractivity contribution is 0.290. The van der Waals surface area contributed by atoms with Crippen LogP contribution in [0.2, 0.25) is 0 Å². The molecule has 27 heavy (non-hydrogen) atoms. The van der Waals surface area contributed by atoms with E-state index < -0.39 is 0 Å². The minimum Gasteiger partial charge on any atom is -0.486 e. The van der Waals surface area contributed by atoms with Gasteiger partial charge in [0, 0.05) is 25.2 Å². The summed E-state index contributed by atoms with van der Waals surface area (Å²) in [6.45, 7) is 4.52. The fourth-order valence-corrected chi connectivity index (χ4v) is 3.77. The summed E-state index contributed by atoms with van der Waals surface area (Å²) in [6.07, 6.45) is 4.05. The Labute approximate surface area is 162 Å². The van der Waals surface area contributed by atoms with Crippen LogP contribution in [0.25, 0.3) is 5.65 Å². The Kier molecular flexibility index (Phi) is 4.85. The average molecular weight is 379 g/mol. The van der Waals surface area contributed by atoms with Gasteiger partial charge in [0.15, 0.2) is 11.0 Å². The number of pyridine rings is 1. The van der Waals surface area contributed by atoms with Crippen LogP contribution in [0, 0.1) is 13.8 Å². The third-order valence-corrected chi connectivity index (χ3v) is 5.31. The molecule has 0 spiro atoms. The number of ether oxygens (including phenoxy) is 1. The highest BCUT2D eigenvalue weighted by Crippen LogP contribution is 2.22. The van der Waals surface area contributed by atoms with E-state index in [1.807, 2.05) is 58.7 Å². The topological polar surface area (TPSA) is 57.2 Å². The molecule has 3 aromatic heterocycles. The standard InChI is InChI=1S/C20H21N5OS/c1-14-8-15(2)10-17(9-14)26-12-19-22-23-20(24(19)3)27-13-16-11-25-7-5-4-6-18(25)21-16/h4-11H,12-13H2,1-3H3. The lowest BCUT2D eigenvalue weighted by Gasteiger charge is -2.08. The van der Waals surface area contributed by atoms with Gasteiger partial charge >= 0.3 is 0 Å². The van der Waals surface area contributed by atoms with E-state index in [0.29, 0.717) is 6.61 Å². The number of fused-ring (bicyclic) bond motifs is 1. The summed E-state index contributed by atoms with van der Waals surface area (Å²) in [7, 11) is 1.96. The van der Waals surface area contributed by atoms with E-state index in [9.17, 15) is 0 Å². The molecule has 0 unspecified atom stereocenters. The molecule has 0 bridgehead atoms. The molecule has 7 heteroatoms. The van der Waals surface area contributed by atoms with Gasteiger partial charge in [-0.25, -0.2) is 4.98 Å². The zero-order chi connectivity index (χ0) is 18.8. The molecule has 0 atom stereocenters. The second kappa shape index (κ2) is 7.44. The molecule has 0 aliphatic carbocycles.